The van der Waals surface area contributed by atoms with Gasteiger partial charge in [-0.15, -0.1) is 0 Å². The van der Waals surface area contributed by atoms with Crippen LogP contribution in [0.15, 0.2) is 36.4 Å². The van der Waals surface area contributed by atoms with Gasteiger partial charge >= 0.3 is 0 Å². The van der Waals surface area contributed by atoms with E-state index in [1.165, 1.54) is 0 Å². The normalized spacial score (nSPS) is 13.9. The van der Waals surface area contributed by atoms with Crippen LogP contribution in [0.25, 0.3) is 0 Å². The first-order chi connectivity index (χ1) is 13.0. The van der Waals surface area contributed by atoms with Crippen molar-refractivity contribution in [2.24, 2.45) is 0 Å². The molecule has 6 heteroatoms. The second-order valence-electron chi connectivity index (χ2n) is 6.47. The molecule has 2 aromatic rings. The third-order valence-corrected chi connectivity index (χ3v) is 4.85. The van der Waals surface area contributed by atoms with Crippen molar-refractivity contribution in [2.75, 3.05) is 25.7 Å². The van der Waals surface area contributed by atoms with Crippen LogP contribution >= 0.6 is 0 Å². The molecule has 27 heavy (non-hydrogen) atoms. The highest BCUT2D eigenvalue weighted by atomic mass is 16.5. The molecule has 0 spiro atoms. The van der Waals surface area contributed by atoms with Crippen molar-refractivity contribution in [3.8, 4) is 11.5 Å². The molecular weight excluding hydrogens is 344 g/mol. The Morgan fingerprint density at radius 1 is 1.15 bits per heavy atom. The number of carbonyl (C=O) groups is 2. The van der Waals surface area contributed by atoms with Crippen LogP contribution in [0.3, 0.4) is 0 Å². The maximum atomic E-state index is 12.7. The molecule has 2 aromatic carbocycles. The lowest BCUT2D eigenvalue weighted by atomic mass is 10.1. The number of methoxy groups -OCH3 is 2. The van der Waals surface area contributed by atoms with Crippen molar-refractivity contribution in [3.05, 3.63) is 53.1 Å². The molecule has 6 nitrogen and oxygen atoms in total. The maximum Gasteiger partial charge on any atom is 0.251 e. The standard InChI is InChI=1S/C21H24N2O4/c1-5-23-17-8-6-15(10-16(17)12-20(23)24)21(25)22-13(2)14-7-9-18(26-3)19(11-14)27-4/h6-11,13H,5,12H2,1-4H3,(H,22,25)/t13-/m1/s1. The first-order valence-corrected chi connectivity index (χ1v) is 8.94. The number of benzene rings is 2. The monoisotopic (exact) mass is 368 g/mol. The number of hydrogen-bond donors (Lipinski definition) is 1. The smallest absolute Gasteiger partial charge is 0.251 e. The van der Waals surface area contributed by atoms with Crippen molar-refractivity contribution in [1.82, 2.24) is 5.32 Å². The first-order valence-electron chi connectivity index (χ1n) is 8.94. The number of ether oxygens (including phenoxy) is 2. The fourth-order valence-corrected chi connectivity index (χ4v) is 3.36. The van der Waals surface area contributed by atoms with E-state index < -0.39 is 0 Å². The van der Waals surface area contributed by atoms with Crippen LogP contribution in [-0.4, -0.2) is 32.6 Å². The molecule has 0 unspecified atom stereocenters. The van der Waals surface area contributed by atoms with E-state index >= 15 is 0 Å². The summed E-state index contributed by atoms with van der Waals surface area (Å²) < 4.78 is 10.6. The Morgan fingerprint density at radius 2 is 1.89 bits per heavy atom. The minimum atomic E-state index is -0.209. The fraction of sp³-hybridized carbons (Fsp3) is 0.333. The lowest BCUT2D eigenvalue weighted by molar-refractivity contribution is -0.117. The van der Waals surface area contributed by atoms with Gasteiger partial charge in [0.1, 0.15) is 0 Å². The zero-order valence-corrected chi connectivity index (χ0v) is 16.0. The molecule has 1 aliphatic heterocycles. The summed E-state index contributed by atoms with van der Waals surface area (Å²) in [7, 11) is 3.16. The number of nitrogens with one attached hydrogen (secondary N) is 1. The number of nitrogens with zero attached hydrogens (tertiary/aromatic N) is 1. The summed E-state index contributed by atoms with van der Waals surface area (Å²) in [5.41, 5.74) is 3.25. The van der Waals surface area contributed by atoms with E-state index in [0.29, 0.717) is 30.0 Å². The van der Waals surface area contributed by atoms with Gasteiger partial charge in [0.05, 0.1) is 26.7 Å². The van der Waals surface area contributed by atoms with Gasteiger partial charge in [0.15, 0.2) is 11.5 Å². The zero-order valence-electron chi connectivity index (χ0n) is 16.0. The predicted molar refractivity (Wildman–Crippen MR) is 104 cm³/mol. The highest BCUT2D eigenvalue weighted by Crippen LogP contribution is 2.31. The van der Waals surface area contributed by atoms with Gasteiger partial charge < -0.3 is 19.7 Å². The van der Waals surface area contributed by atoms with Gasteiger partial charge in [-0.1, -0.05) is 6.07 Å². The summed E-state index contributed by atoms with van der Waals surface area (Å²) in [6.45, 7) is 4.49. The molecule has 1 N–H and O–H groups in total. The number of likely N-dealkylation sites (N-methyl/N-ethyl adjacent to an activating group) is 1. The molecule has 0 saturated carbocycles. The van der Waals surface area contributed by atoms with Crippen LogP contribution in [-0.2, 0) is 11.2 Å². The molecular formula is C21H24N2O4. The van der Waals surface area contributed by atoms with Gasteiger partial charge in [0, 0.05) is 17.8 Å². The number of hydrogen-bond acceptors (Lipinski definition) is 4. The maximum absolute atomic E-state index is 12.7. The summed E-state index contributed by atoms with van der Waals surface area (Å²) in [6.07, 6.45) is 0.343. The highest BCUT2D eigenvalue weighted by Gasteiger charge is 2.26. The number of amides is 2. The lowest BCUT2D eigenvalue weighted by Gasteiger charge is -2.17. The Morgan fingerprint density at radius 3 is 2.56 bits per heavy atom. The van der Waals surface area contributed by atoms with Crippen LogP contribution in [0.4, 0.5) is 5.69 Å². The summed E-state index contributed by atoms with van der Waals surface area (Å²) in [5.74, 6) is 1.15. The summed E-state index contributed by atoms with van der Waals surface area (Å²) >= 11 is 0. The highest BCUT2D eigenvalue weighted by molar-refractivity contribution is 6.03. The Bertz CT molecular complexity index is 878. The van der Waals surface area contributed by atoms with Crippen LogP contribution < -0.4 is 19.7 Å². The van der Waals surface area contributed by atoms with Gasteiger partial charge in [-0.2, -0.15) is 0 Å². The van der Waals surface area contributed by atoms with Gasteiger partial charge in [-0.25, -0.2) is 0 Å². The number of rotatable bonds is 6. The van der Waals surface area contributed by atoms with E-state index in [1.807, 2.05) is 38.1 Å². The minimum Gasteiger partial charge on any atom is -0.493 e. The molecule has 3 rings (SSSR count). The Kier molecular flexibility index (Phi) is 5.35. The molecule has 0 radical (unpaired) electrons. The largest absolute Gasteiger partial charge is 0.493 e. The van der Waals surface area contributed by atoms with E-state index in [9.17, 15) is 9.59 Å². The van der Waals surface area contributed by atoms with E-state index in [0.717, 1.165) is 16.8 Å². The van der Waals surface area contributed by atoms with Gasteiger partial charge in [0.25, 0.3) is 5.91 Å². The van der Waals surface area contributed by atoms with Crippen LogP contribution in [0.1, 0.15) is 41.4 Å². The zero-order chi connectivity index (χ0) is 19.6. The van der Waals surface area contributed by atoms with E-state index in [1.54, 1.807) is 31.3 Å². The molecule has 1 aliphatic rings. The van der Waals surface area contributed by atoms with Crippen molar-refractivity contribution >= 4 is 17.5 Å². The number of anilines is 1. The average molecular weight is 368 g/mol. The SMILES string of the molecule is CCN1C(=O)Cc2cc(C(=O)N[C@H](C)c3ccc(OC)c(OC)c3)ccc21. The summed E-state index contributed by atoms with van der Waals surface area (Å²) in [4.78, 5) is 26.4. The van der Waals surface area contributed by atoms with Crippen LogP contribution in [0, 0.1) is 0 Å². The molecule has 142 valence electrons. The summed E-state index contributed by atoms with van der Waals surface area (Å²) in [5, 5.41) is 3.00. The molecule has 1 heterocycles. The Hall–Kier alpha value is -3.02. The van der Waals surface area contributed by atoms with Crippen molar-refractivity contribution in [1.29, 1.82) is 0 Å². The van der Waals surface area contributed by atoms with Gasteiger partial charge in [-0.05, 0) is 55.3 Å². The topological polar surface area (TPSA) is 67.9 Å². The van der Waals surface area contributed by atoms with Crippen LogP contribution in [0.2, 0.25) is 0 Å². The lowest BCUT2D eigenvalue weighted by Crippen LogP contribution is -2.27. The van der Waals surface area contributed by atoms with Gasteiger partial charge in [-0.3, -0.25) is 9.59 Å². The Balaban J connectivity index is 1.76. The second-order valence-corrected chi connectivity index (χ2v) is 6.47. The number of carbonyl (C=O) groups excluding carboxylic acids is 2. The molecule has 2 amide bonds. The average Bonchev–Trinajstić information content (AvgIpc) is 3.01. The second kappa shape index (κ2) is 7.70. The van der Waals surface area contributed by atoms with Crippen molar-refractivity contribution in [2.45, 2.75) is 26.3 Å². The van der Waals surface area contributed by atoms with E-state index in [-0.39, 0.29) is 17.9 Å². The van der Waals surface area contributed by atoms with E-state index in [2.05, 4.69) is 5.32 Å². The van der Waals surface area contributed by atoms with E-state index in [4.69, 9.17) is 9.47 Å². The van der Waals surface area contributed by atoms with Crippen molar-refractivity contribution < 1.29 is 19.1 Å². The van der Waals surface area contributed by atoms with Crippen molar-refractivity contribution in [3.63, 3.8) is 0 Å². The first kappa shape index (κ1) is 18.8. The quantitative estimate of drug-likeness (QED) is 0.851. The molecule has 1 atom stereocenters. The summed E-state index contributed by atoms with van der Waals surface area (Å²) in [6, 6.07) is 10.8. The third kappa shape index (κ3) is 3.60. The Labute approximate surface area is 159 Å². The molecule has 0 fully saturated rings. The minimum absolute atomic E-state index is 0.0729. The van der Waals surface area contributed by atoms with Gasteiger partial charge in [0.2, 0.25) is 5.91 Å². The molecule has 0 saturated heterocycles. The molecule has 0 aromatic heterocycles. The third-order valence-electron chi connectivity index (χ3n) is 4.85. The predicted octanol–water partition coefficient (Wildman–Crippen LogP) is 3.10. The molecule has 0 aliphatic carbocycles. The molecule has 0 bridgehead atoms. The number of fused-ring (bicyclic) bond motifs is 1. The van der Waals surface area contributed by atoms with Crippen LogP contribution in [0.5, 0.6) is 11.5 Å². The fourth-order valence-electron chi connectivity index (χ4n) is 3.36.